The summed E-state index contributed by atoms with van der Waals surface area (Å²) in [7, 11) is 0. The van der Waals surface area contributed by atoms with Gasteiger partial charge in [0.15, 0.2) is 5.78 Å². The summed E-state index contributed by atoms with van der Waals surface area (Å²) in [4.78, 5) is 12.2. The first-order valence-electron chi connectivity index (χ1n) is 5.35. The zero-order chi connectivity index (χ0) is 13.3. The molecule has 0 atom stereocenters. The number of benzene rings is 2. The molecule has 0 heterocycles. The normalized spacial score (nSPS) is 10.4. The minimum Gasteiger partial charge on any atom is -0.398 e. The molecule has 2 N–H and O–H groups in total. The molecule has 4 heteroatoms. The maximum absolute atomic E-state index is 13.1. The fourth-order valence-electron chi connectivity index (χ4n) is 1.75. The molecular weight excluding hydrogens is 236 g/mol. The van der Waals surface area contributed by atoms with Crippen LogP contribution in [0.15, 0.2) is 36.4 Å². The van der Waals surface area contributed by atoms with Gasteiger partial charge in [-0.25, -0.2) is 8.78 Å². The molecule has 0 saturated heterocycles. The molecule has 0 bridgehead atoms. The van der Waals surface area contributed by atoms with Crippen LogP contribution < -0.4 is 5.73 Å². The van der Waals surface area contributed by atoms with Crippen LogP contribution >= 0.6 is 0 Å². The number of aryl methyl sites for hydroxylation is 1. The van der Waals surface area contributed by atoms with Crippen LogP contribution in [-0.2, 0) is 0 Å². The predicted octanol–water partition coefficient (Wildman–Crippen LogP) is 3.09. The van der Waals surface area contributed by atoms with Gasteiger partial charge in [-0.15, -0.1) is 0 Å². The number of carbonyl (C=O) groups is 1. The van der Waals surface area contributed by atoms with Gasteiger partial charge < -0.3 is 5.73 Å². The zero-order valence-corrected chi connectivity index (χ0v) is 9.71. The summed E-state index contributed by atoms with van der Waals surface area (Å²) < 4.78 is 26.1. The van der Waals surface area contributed by atoms with Crippen molar-refractivity contribution in [2.75, 3.05) is 5.73 Å². The number of nitrogens with two attached hydrogens (primary N) is 1. The van der Waals surface area contributed by atoms with E-state index in [0.29, 0.717) is 11.1 Å². The van der Waals surface area contributed by atoms with Crippen molar-refractivity contribution in [1.82, 2.24) is 0 Å². The zero-order valence-electron chi connectivity index (χ0n) is 9.71. The number of ketones is 1. The maximum Gasteiger partial charge on any atom is 0.195 e. The van der Waals surface area contributed by atoms with Crippen LogP contribution in [0.3, 0.4) is 0 Å². The second-order valence-corrected chi connectivity index (χ2v) is 4.02. The van der Waals surface area contributed by atoms with Crippen molar-refractivity contribution < 1.29 is 13.6 Å². The highest BCUT2D eigenvalue weighted by atomic mass is 19.1. The Labute approximate surface area is 103 Å². The second-order valence-electron chi connectivity index (χ2n) is 4.02. The van der Waals surface area contributed by atoms with E-state index >= 15 is 0 Å². The lowest BCUT2D eigenvalue weighted by atomic mass is 9.98. The van der Waals surface area contributed by atoms with Crippen molar-refractivity contribution in [3.63, 3.8) is 0 Å². The highest BCUT2D eigenvalue weighted by Crippen LogP contribution is 2.20. The molecule has 0 fully saturated rings. The molecule has 0 radical (unpaired) electrons. The fourth-order valence-corrected chi connectivity index (χ4v) is 1.75. The molecule has 0 aliphatic rings. The lowest BCUT2D eigenvalue weighted by Gasteiger charge is -2.07. The summed E-state index contributed by atoms with van der Waals surface area (Å²) in [5.41, 5.74) is 6.74. The number of rotatable bonds is 2. The summed E-state index contributed by atoms with van der Waals surface area (Å²) in [6.07, 6.45) is 0. The molecule has 18 heavy (non-hydrogen) atoms. The fraction of sp³-hybridized carbons (Fsp3) is 0.0714. The maximum atomic E-state index is 13.1. The number of hydrogen-bond donors (Lipinski definition) is 1. The van der Waals surface area contributed by atoms with Crippen molar-refractivity contribution in [3.8, 4) is 0 Å². The molecule has 2 aromatic rings. The van der Waals surface area contributed by atoms with Crippen LogP contribution in [0.25, 0.3) is 0 Å². The largest absolute Gasteiger partial charge is 0.398 e. The Morgan fingerprint density at radius 2 is 1.61 bits per heavy atom. The van der Waals surface area contributed by atoms with Crippen LogP contribution in [-0.4, -0.2) is 5.78 Å². The van der Waals surface area contributed by atoms with Crippen LogP contribution in [0.1, 0.15) is 21.5 Å². The first-order chi connectivity index (χ1) is 8.49. The quantitative estimate of drug-likeness (QED) is 0.654. The number of halogens is 2. The minimum atomic E-state index is -0.535. The van der Waals surface area contributed by atoms with Crippen molar-refractivity contribution in [2.24, 2.45) is 0 Å². The van der Waals surface area contributed by atoms with Gasteiger partial charge in [0.2, 0.25) is 0 Å². The standard InChI is InChI=1S/C14H11F2NO/c1-8-6-9(15)2-4-11(8)14(18)12-7-10(16)3-5-13(12)17/h2-7H,17H2,1H3. The van der Waals surface area contributed by atoms with Gasteiger partial charge in [0.05, 0.1) is 0 Å². The van der Waals surface area contributed by atoms with E-state index in [9.17, 15) is 13.6 Å². The molecule has 0 spiro atoms. The molecule has 2 nitrogen and oxygen atoms in total. The molecule has 2 aromatic carbocycles. The summed E-state index contributed by atoms with van der Waals surface area (Å²) in [6, 6.07) is 7.42. The number of carbonyl (C=O) groups excluding carboxylic acids is 1. The Kier molecular flexibility index (Phi) is 3.10. The Hall–Kier alpha value is -2.23. The Morgan fingerprint density at radius 3 is 2.28 bits per heavy atom. The third kappa shape index (κ3) is 2.22. The molecule has 0 aromatic heterocycles. The highest BCUT2D eigenvalue weighted by Gasteiger charge is 2.15. The van der Waals surface area contributed by atoms with E-state index < -0.39 is 17.4 Å². The minimum absolute atomic E-state index is 0.0877. The second kappa shape index (κ2) is 4.56. The van der Waals surface area contributed by atoms with Gasteiger partial charge in [0.1, 0.15) is 11.6 Å². The van der Waals surface area contributed by atoms with Gasteiger partial charge in [-0.05, 0) is 48.9 Å². The van der Waals surface area contributed by atoms with Gasteiger partial charge in [-0.2, -0.15) is 0 Å². The van der Waals surface area contributed by atoms with Crippen molar-refractivity contribution in [1.29, 1.82) is 0 Å². The van der Waals surface area contributed by atoms with E-state index in [1.165, 1.54) is 30.3 Å². The topological polar surface area (TPSA) is 43.1 Å². The lowest BCUT2D eigenvalue weighted by molar-refractivity contribution is 0.103. The molecular formula is C14H11F2NO. The Bertz CT molecular complexity index is 623. The lowest BCUT2D eigenvalue weighted by Crippen LogP contribution is -2.07. The van der Waals surface area contributed by atoms with Crippen LogP contribution in [0, 0.1) is 18.6 Å². The SMILES string of the molecule is Cc1cc(F)ccc1C(=O)c1cc(F)ccc1N. The predicted molar refractivity (Wildman–Crippen MR) is 65.4 cm³/mol. The molecule has 0 saturated carbocycles. The number of nitrogen functional groups attached to an aromatic ring is 1. The Morgan fingerprint density at radius 1 is 1.00 bits per heavy atom. The summed E-state index contributed by atoms with van der Waals surface area (Å²) in [5.74, 6) is -1.37. The smallest absolute Gasteiger partial charge is 0.195 e. The molecule has 0 unspecified atom stereocenters. The van der Waals surface area contributed by atoms with Crippen molar-refractivity contribution in [3.05, 3.63) is 64.7 Å². The van der Waals surface area contributed by atoms with E-state index in [0.717, 1.165) is 6.07 Å². The average Bonchev–Trinajstić information content (AvgIpc) is 2.31. The third-order valence-electron chi connectivity index (χ3n) is 2.69. The third-order valence-corrected chi connectivity index (χ3v) is 2.69. The van der Waals surface area contributed by atoms with Crippen LogP contribution in [0.5, 0.6) is 0 Å². The van der Waals surface area contributed by atoms with E-state index in [1.54, 1.807) is 6.92 Å². The number of anilines is 1. The summed E-state index contributed by atoms with van der Waals surface area (Å²) in [5, 5.41) is 0. The van der Waals surface area contributed by atoms with E-state index in [1.807, 2.05) is 0 Å². The van der Waals surface area contributed by atoms with Crippen molar-refractivity contribution >= 4 is 11.5 Å². The van der Waals surface area contributed by atoms with E-state index in [4.69, 9.17) is 5.73 Å². The summed E-state index contributed by atoms with van der Waals surface area (Å²) in [6.45, 7) is 1.62. The van der Waals surface area contributed by atoms with Gasteiger partial charge in [-0.1, -0.05) is 0 Å². The Balaban J connectivity index is 2.51. The molecule has 0 aliphatic heterocycles. The van der Waals surface area contributed by atoms with E-state index in [-0.39, 0.29) is 11.3 Å². The highest BCUT2D eigenvalue weighted by molar-refractivity contribution is 6.12. The van der Waals surface area contributed by atoms with Gasteiger partial charge in [0.25, 0.3) is 0 Å². The van der Waals surface area contributed by atoms with Crippen LogP contribution in [0.2, 0.25) is 0 Å². The molecule has 92 valence electrons. The summed E-state index contributed by atoms with van der Waals surface area (Å²) >= 11 is 0. The molecule has 0 aliphatic carbocycles. The van der Waals surface area contributed by atoms with Gasteiger partial charge >= 0.3 is 0 Å². The number of hydrogen-bond acceptors (Lipinski definition) is 2. The van der Waals surface area contributed by atoms with E-state index in [2.05, 4.69) is 0 Å². The van der Waals surface area contributed by atoms with Crippen LogP contribution in [0.4, 0.5) is 14.5 Å². The first-order valence-corrected chi connectivity index (χ1v) is 5.35. The van der Waals surface area contributed by atoms with Crippen molar-refractivity contribution in [2.45, 2.75) is 6.92 Å². The molecule has 0 amide bonds. The first kappa shape index (κ1) is 12.2. The monoisotopic (exact) mass is 247 g/mol. The van der Waals surface area contributed by atoms with Gasteiger partial charge in [-0.3, -0.25) is 4.79 Å². The molecule has 2 rings (SSSR count). The average molecular weight is 247 g/mol. The van der Waals surface area contributed by atoms with Gasteiger partial charge in [0, 0.05) is 16.8 Å².